The molecule has 0 aliphatic carbocycles. The highest BCUT2D eigenvalue weighted by Gasteiger charge is 2.53. The van der Waals surface area contributed by atoms with Gasteiger partial charge < -0.3 is 29.2 Å². The van der Waals surface area contributed by atoms with E-state index in [9.17, 15) is 24.3 Å². The SMILES string of the molecule is CC(=O)OC1[C@@H](OC(C)=O)[C@@H](OC(C)=O)C(C(=O)O)O[C@@H]1O. The summed E-state index contributed by atoms with van der Waals surface area (Å²) in [5.74, 6) is -4.10. The number of aliphatic hydroxyl groups is 1. The first-order valence-electron chi connectivity index (χ1n) is 6.21. The summed E-state index contributed by atoms with van der Waals surface area (Å²) in [6.45, 7) is 3.06. The van der Waals surface area contributed by atoms with Crippen LogP contribution in [-0.2, 0) is 38.1 Å². The Labute approximate surface area is 124 Å². The number of esters is 3. The van der Waals surface area contributed by atoms with Gasteiger partial charge in [-0.3, -0.25) is 14.4 Å². The largest absolute Gasteiger partial charge is 0.479 e. The number of rotatable bonds is 4. The Morgan fingerprint density at radius 2 is 1.23 bits per heavy atom. The molecule has 0 saturated carbocycles. The first-order chi connectivity index (χ1) is 10.1. The second-order valence-electron chi connectivity index (χ2n) is 4.51. The van der Waals surface area contributed by atoms with Crippen molar-refractivity contribution in [3.05, 3.63) is 0 Å². The van der Waals surface area contributed by atoms with Crippen molar-refractivity contribution in [2.45, 2.75) is 51.5 Å². The minimum atomic E-state index is -1.87. The van der Waals surface area contributed by atoms with Gasteiger partial charge in [0, 0.05) is 20.8 Å². The van der Waals surface area contributed by atoms with Crippen molar-refractivity contribution in [2.24, 2.45) is 0 Å². The molecule has 0 aromatic heterocycles. The summed E-state index contributed by atoms with van der Waals surface area (Å²) in [4.78, 5) is 44.6. The zero-order valence-corrected chi connectivity index (χ0v) is 12.0. The van der Waals surface area contributed by atoms with Crippen molar-refractivity contribution in [1.29, 1.82) is 0 Å². The Hall–Kier alpha value is -2.20. The molecule has 0 aromatic rings. The third-order valence-electron chi connectivity index (χ3n) is 2.66. The molecule has 1 aliphatic rings. The molecule has 0 aromatic carbocycles. The summed E-state index contributed by atoms with van der Waals surface area (Å²) < 4.78 is 19.3. The Kier molecular flexibility index (Phi) is 5.83. The molecule has 1 rings (SSSR count). The van der Waals surface area contributed by atoms with Gasteiger partial charge >= 0.3 is 23.9 Å². The molecule has 1 aliphatic heterocycles. The lowest BCUT2D eigenvalue weighted by Crippen LogP contribution is -2.63. The van der Waals surface area contributed by atoms with E-state index in [1.165, 1.54) is 0 Å². The first kappa shape index (κ1) is 17.9. The van der Waals surface area contributed by atoms with Gasteiger partial charge in [0.15, 0.2) is 30.7 Å². The molecule has 0 bridgehead atoms. The second kappa shape index (κ2) is 7.18. The third-order valence-corrected chi connectivity index (χ3v) is 2.66. The van der Waals surface area contributed by atoms with Gasteiger partial charge in [-0.1, -0.05) is 0 Å². The van der Waals surface area contributed by atoms with E-state index in [4.69, 9.17) is 24.1 Å². The number of hydrogen-bond acceptors (Lipinski definition) is 9. The van der Waals surface area contributed by atoms with Gasteiger partial charge in [0.2, 0.25) is 0 Å². The average molecular weight is 320 g/mol. The molecule has 2 N–H and O–H groups in total. The second-order valence-corrected chi connectivity index (χ2v) is 4.51. The molecule has 2 unspecified atom stereocenters. The summed E-state index contributed by atoms with van der Waals surface area (Å²) in [5.41, 5.74) is 0. The van der Waals surface area contributed by atoms with Gasteiger partial charge in [-0.25, -0.2) is 4.79 Å². The smallest absolute Gasteiger partial charge is 0.337 e. The number of carbonyl (C=O) groups excluding carboxylic acids is 3. The number of aliphatic hydroxyl groups excluding tert-OH is 1. The van der Waals surface area contributed by atoms with Crippen LogP contribution in [0.3, 0.4) is 0 Å². The predicted molar refractivity (Wildman–Crippen MR) is 65.2 cm³/mol. The Bertz CT molecular complexity index is 473. The van der Waals surface area contributed by atoms with Crippen LogP contribution in [0, 0.1) is 0 Å². The van der Waals surface area contributed by atoms with Crippen molar-refractivity contribution in [1.82, 2.24) is 0 Å². The van der Waals surface area contributed by atoms with E-state index in [0.29, 0.717) is 0 Å². The Morgan fingerprint density at radius 1 is 0.818 bits per heavy atom. The maximum Gasteiger partial charge on any atom is 0.337 e. The summed E-state index contributed by atoms with van der Waals surface area (Å²) in [6, 6.07) is 0. The zero-order chi connectivity index (χ0) is 17.0. The van der Waals surface area contributed by atoms with Crippen LogP contribution in [0.4, 0.5) is 0 Å². The topological polar surface area (TPSA) is 146 Å². The normalized spacial score (nSPS) is 31.0. The molecule has 22 heavy (non-hydrogen) atoms. The van der Waals surface area contributed by atoms with Crippen LogP contribution >= 0.6 is 0 Å². The van der Waals surface area contributed by atoms with E-state index in [1.807, 2.05) is 0 Å². The number of ether oxygens (including phenoxy) is 4. The van der Waals surface area contributed by atoms with E-state index in [1.54, 1.807) is 0 Å². The average Bonchev–Trinajstić information content (AvgIpc) is 2.34. The fraction of sp³-hybridized carbons (Fsp3) is 0.667. The van der Waals surface area contributed by atoms with Crippen molar-refractivity contribution >= 4 is 23.9 Å². The van der Waals surface area contributed by atoms with E-state index in [2.05, 4.69) is 0 Å². The predicted octanol–water partition coefficient (Wildman–Crippen LogP) is -1.42. The van der Waals surface area contributed by atoms with Gasteiger partial charge in [-0.2, -0.15) is 0 Å². The van der Waals surface area contributed by atoms with Crippen molar-refractivity contribution in [3.8, 4) is 0 Å². The quantitative estimate of drug-likeness (QED) is 0.467. The summed E-state index contributed by atoms with van der Waals surface area (Å²) in [5, 5.41) is 18.9. The maximum atomic E-state index is 11.2. The lowest BCUT2D eigenvalue weighted by atomic mass is 9.98. The van der Waals surface area contributed by atoms with Crippen LogP contribution in [0.2, 0.25) is 0 Å². The van der Waals surface area contributed by atoms with Gasteiger partial charge in [-0.05, 0) is 0 Å². The van der Waals surface area contributed by atoms with Crippen LogP contribution in [0.25, 0.3) is 0 Å². The molecule has 0 radical (unpaired) electrons. The minimum Gasteiger partial charge on any atom is -0.479 e. The van der Waals surface area contributed by atoms with Crippen molar-refractivity contribution in [2.75, 3.05) is 0 Å². The van der Waals surface area contributed by atoms with Crippen molar-refractivity contribution < 1.29 is 48.3 Å². The van der Waals surface area contributed by atoms with Crippen LogP contribution in [-0.4, -0.2) is 64.8 Å². The minimum absolute atomic E-state index is 0.833. The van der Waals surface area contributed by atoms with Gasteiger partial charge in [0.25, 0.3) is 0 Å². The molecule has 1 saturated heterocycles. The first-order valence-corrected chi connectivity index (χ1v) is 6.21. The molecular weight excluding hydrogens is 304 g/mol. The molecule has 124 valence electrons. The van der Waals surface area contributed by atoms with Gasteiger partial charge in [0.05, 0.1) is 0 Å². The standard InChI is InChI=1S/C12H16O10/c1-4(13)19-7-8(20-5(2)14)10(21-6(3)15)12(18)22-9(7)11(16)17/h7-10,12,18H,1-3H3,(H,16,17)/t7-,8+,9?,10?,12+/m1/s1. The number of aliphatic carboxylic acids is 1. The van der Waals surface area contributed by atoms with Crippen LogP contribution in [0.5, 0.6) is 0 Å². The summed E-state index contributed by atoms with van der Waals surface area (Å²) in [7, 11) is 0. The van der Waals surface area contributed by atoms with Crippen LogP contribution in [0.15, 0.2) is 0 Å². The van der Waals surface area contributed by atoms with Crippen LogP contribution < -0.4 is 0 Å². The molecule has 10 nitrogen and oxygen atoms in total. The maximum absolute atomic E-state index is 11.2. The van der Waals surface area contributed by atoms with E-state index < -0.39 is 54.6 Å². The highest BCUT2D eigenvalue weighted by atomic mass is 16.7. The molecule has 1 fully saturated rings. The number of hydrogen-bond donors (Lipinski definition) is 2. The molecule has 1 heterocycles. The Morgan fingerprint density at radius 3 is 1.64 bits per heavy atom. The summed E-state index contributed by atoms with van der Waals surface area (Å²) in [6.07, 6.45) is -8.33. The van der Waals surface area contributed by atoms with Crippen LogP contribution in [0.1, 0.15) is 20.8 Å². The van der Waals surface area contributed by atoms with Gasteiger partial charge in [0.1, 0.15) is 0 Å². The van der Waals surface area contributed by atoms with E-state index in [0.717, 1.165) is 20.8 Å². The van der Waals surface area contributed by atoms with E-state index >= 15 is 0 Å². The number of carboxylic acids is 1. The number of carbonyl (C=O) groups is 4. The fourth-order valence-electron chi connectivity index (χ4n) is 1.99. The monoisotopic (exact) mass is 320 g/mol. The summed E-state index contributed by atoms with van der Waals surface area (Å²) >= 11 is 0. The molecular formula is C12H16O10. The number of carboxylic acid groups (broad SMARTS) is 1. The lowest BCUT2D eigenvalue weighted by molar-refractivity contribution is -0.289. The lowest BCUT2D eigenvalue weighted by Gasteiger charge is -2.41. The molecule has 5 atom stereocenters. The third kappa shape index (κ3) is 4.40. The molecule has 10 heteroatoms. The fourth-order valence-corrected chi connectivity index (χ4v) is 1.99. The highest BCUT2D eigenvalue weighted by Crippen LogP contribution is 2.27. The highest BCUT2D eigenvalue weighted by molar-refractivity contribution is 5.75. The Balaban J connectivity index is 3.18. The molecule has 0 amide bonds. The van der Waals surface area contributed by atoms with Gasteiger partial charge in [-0.15, -0.1) is 0 Å². The van der Waals surface area contributed by atoms with E-state index in [-0.39, 0.29) is 0 Å². The van der Waals surface area contributed by atoms with Crippen molar-refractivity contribution in [3.63, 3.8) is 0 Å². The molecule has 0 spiro atoms. The zero-order valence-electron chi connectivity index (χ0n) is 12.0.